The van der Waals surface area contributed by atoms with Gasteiger partial charge < -0.3 is 4.43 Å². The van der Waals surface area contributed by atoms with Crippen LogP contribution in [-0.4, -0.2) is 15.4 Å². The Kier molecular flexibility index (Phi) is 5.00. The third kappa shape index (κ3) is 2.43. The Balaban J connectivity index is 3.87. The summed E-state index contributed by atoms with van der Waals surface area (Å²) < 4.78 is 5.52. The number of hydrogen-bond acceptors (Lipinski definition) is 1. The highest BCUT2D eigenvalue weighted by molar-refractivity contribution is 6.77. The lowest BCUT2D eigenvalue weighted by Gasteiger charge is -2.25. The quantitative estimate of drug-likeness (QED) is 0.559. The van der Waals surface area contributed by atoms with E-state index in [4.69, 9.17) is 4.43 Å². The summed E-state index contributed by atoms with van der Waals surface area (Å²) in [6.07, 6.45) is 0.905. The molecule has 2 radical (unpaired) electrons. The summed E-state index contributed by atoms with van der Waals surface area (Å²) in [5.41, 5.74) is 0. The molecule has 0 N–H and O–H groups in total. The molecule has 0 aromatic rings. The molecule has 10 heavy (non-hydrogen) atoms. The van der Waals surface area contributed by atoms with Crippen molar-refractivity contribution in [2.75, 3.05) is 7.11 Å². The lowest BCUT2D eigenvalue weighted by atomic mass is 10.6. The number of hydrogen-bond donors (Lipinski definition) is 0. The van der Waals surface area contributed by atoms with E-state index in [9.17, 15) is 0 Å². The van der Waals surface area contributed by atoms with E-state index in [0.717, 1.165) is 6.42 Å². The van der Waals surface area contributed by atoms with Crippen molar-refractivity contribution < 1.29 is 4.43 Å². The van der Waals surface area contributed by atoms with Gasteiger partial charge in [0.05, 0.1) is 0 Å². The van der Waals surface area contributed by atoms with Gasteiger partial charge in [-0.25, -0.2) is 0 Å². The Morgan fingerprint density at radius 3 is 2.00 bits per heavy atom. The van der Waals surface area contributed by atoms with E-state index in [1.54, 1.807) is 0 Å². The fraction of sp³-hybridized carbons (Fsp3) is 0.750. The highest BCUT2D eigenvalue weighted by atomic mass is 28.4. The zero-order chi connectivity index (χ0) is 8.04. The van der Waals surface area contributed by atoms with Crippen molar-refractivity contribution in [1.29, 1.82) is 0 Å². The molecule has 0 heterocycles. The summed E-state index contributed by atoms with van der Waals surface area (Å²) >= 11 is 0. The highest BCUT2D eigenvalue weighted by Gasteiger charge is 2.28. The van der Waals surface area contributed by atoms with Crippen molar-refractivity contribution >= 4 is 8.32 Å². The van der Waals surface area contributed by atoms with Crippen molar-refractivity contribution in [3.63, 3.8) is 0 Å². The summed E-state index contributed by atoms with van der Waals surface area (Å²) in [6, 6.07) is 4.64. The van der Waals surface area contributed by atoms with E-state index in [-0.39, 0.29) is 0 Å². The smallest absolute Gasteiger partial charge is 0.194 e. The molecule has 1 nitrogen and oxygen atoms in total. The van der Waals surface area contributed by atoms with Gasteiger partial charge in [-0.05, 0) is 18.1 Å². The first-order valence-corrected chi connectivity index (χ1v) is 6.33. The Labute approximate surface area is 65.9 Å². The largest absolute Gasteiger partial charge is 0.420 e. The van der Waals surface area contributed by atoms with Gasteiger partial charge in [-0.2, -0.15) is 0 Å². The van der Waals surface area contributed by atoms with Gasteiger partial charge in [-0.15, -0.1) is 0 Å². The van der Waals surface area contributed by atoms with Crippen molar-refractivity contribution in [2.45, 2.75) is 32.4 Å². The minimum absolute atomic E-state index is 0.905. The van der Waals surface area contributed by atoms with Gasteiger partial charge in [0, 0.05) is 7.11 Å². The van der Waals surface area contributed by atoms with Crippen LogP contribution in [0.5, 0.6) is 0 Å². The molecule has 0 fully saturated rings. The molecule has 0 saturated carbocycles. The summed E-state index contributed by atoms with van der Waals surface area (Å²) in [4.78, 5) is 0. The lowest BCUT2D eigenvalue weighted by molar-refractivity contribution is 0.399. The van der Waals surface area contributed by atoms with E-state index < -0.39 is 8.32 Å². The van der Waals surface area contributed by atoms with Crippen LogP contribution in [0.25, 0.3) is 0 Å². The average molecular weight is 158 g/mol. The second-order valence-electron chi connectivity index (χ2n) is 2.47. The van der Waals surface area contributed by atoms with Crippen LogP contribution in [-0.2, 0) is 4.43 Å². The Bertz CT molecular complexity index is 71.1. The first-order valence-electron chi connectivity index (χ1n) is 3.93. The van der Waals surface area contributed by atoms with Gasteiger partial charge in [0.2, 0.25) is 0 Å². The third-order valence-electron chi connectivity index (χ3n) is 2.12. The molecule has 0 aliphatic heterocycles. The molecule has 0 aliphatic rings. The molecule has 0 bridgehead atoms. The Hall–Kier alpha value is 0.177. The second-order valence-corrected chi connectivity index (χ2v) is 6.83. The zero-order valence-corrected chi connectivity index (χ0v) is 8.31. The molecule has 0 aliphatic carbocycles. The van der Waals surface area contributed by atoms with Crippen molar-refractivity contribution in [3.8, 4) is 0 Å². The first-order chi connectivity index (χ1) is 4.74. The first kappa shape index (κ1) is 10.2. The fourth-order valence-corrected chi connectivity index (χ4v) is 3.52. The Morgan fingerprint density at radius 1 is 1.40 bits per heavy atom. The molecule has 0 unspecified atom stereocenters. The maximum atomic E-state index is 5.52. The molecule has 0 aromatic heterocycles. The molecule has 0 rings (SSSR count). The standard InChI is InChI=1S/C8H18OSi/c1-5-8-10(6-2,7-3)9-4/h8H,1,5-7H2,2-4H3. The monoisotopic (exact) mass is 158 g/mol. The zero-order valence-electron chi connectivity index (χ0n) is 7.31. The summed E-state index contributed by atoms with van der Waals surface area (Å²) in [7, 11) is 0.420. The lowest BCUT2D eigenvalue weighted by Crippen LogP contribution is -2.36. The van der Waals surface area contributed by atoms with Gasteiger partial charge in [-0.3, -0.25) is 0 Å². The Morgan fingerprint density at radius 2 is 1.90 bits per heavy atom. The molecule has 0 saturated heterocycles. The van der Waals surface area contributed by atoms with E-state index >= 15 is 0 Å². The highest BCUT2D eigenvalue weighted by Crippen LogP contribution is 2.19. The van der Waals surface area contributed by atoms with Gasteiger partial charge in [0.1, 0.15) is 0 Å². The molecule has 0 amide bonds. The van der Waals surface area contributed by atoms with Crippen LogP contribution in [0.3, 0.4) is 0 Å². The van der Waals surface area contributed by atoms with Gasteiger partial charge in [0.15, 0.2) is 8.32 Å². The van der Waals surface area contributed by atoms with Crippen LogP contribution >= 0.6 is 0 Å². The molecule has 2 heteroatoms. The van der Waals surface area contributed by atoms with Crippen molar-refractivity contribution in [2.24, 2.45) is 0 Å². The normalized spacial score (nSPS) is 12.0. The van der Waals surface area contributed by atoms with Crippen LogP contribution < -0.4 is 0 Å². The maximum Gasteiger partial charge on any atom is 0.194 e. The van der Waals surface area contributed by atoms with Crippen LogP contribution in [0.2, 0.25) is 12.1 Å². The molecule has 0 atom stereocenters. The average Bonchev–Trinajstić information content (AvgIpc) is 2.01. The summed E-state index contributed by atoms with van der Waals surface area (Å²) in [5, 5.41) is 0. The van der Waals surface area contributed by atoms with Crippen LogP contribution in [0.15, 0.2) is 0 Å². The fourth-order valence-electron chi connectivity index (χ4n) is 1.17. The van der Waals surface area contributed by atoms with Crippen LogP contribution in [0.1, 0.15) is 20.3 Å². The number of rotatable bonds is 5. The van der Waals surface area contributed by atoms with E-state index in [2.05, 4.69) is 26.8 Å². The maximum absolute atomic E-state index is 5.52. The molecule has 0 spiro atoms. The summed E-state index contributed by atoms with van der Waals surface area (Å²) in [5.74, 6) is 0. The van der Waals surface area contributed by atoms with E-state index in [1.165, 1.54) is 12.1 Å². The topological polar surface area (TPSA) is 9.23 Å². The third-order valence-corrected chi connectivity index (χ3v) is 6.36. The van der Waals surface area contributed by atoms with E-state index in [0.29, 0.717) is 0 Å². The minimum Gasteiger partial charge on any atom is -0.420 e. The SMILES string of the molecule is [CH2]C[CH][Si](CC)(CC)OC. The predicted octanol–water partition coefficient (Wildman–Crippen LogP) is 2.59. The van der Waals surface area contributed by atoms with Crippen molar-refractivity contribution in [1.82, 2.24) is 0 Å². The predicted molar refractivity (Wildman–Crippen MR) is 48.0 cm³/mol. The molecular formula is C8H18OSi. The molecule has 0 aromatic carbocycles. The molecule has 60 valence electrons. The van der Waals surface area contributed by atoms with Crippen molar-refractivity contribution in [3.05, 3.63) is 13.0 Å². The van der Waals surface area contributed by atoms with Gasteiger partial charge in [-0.1, -0.05) is 27.2 Å². The minimum atomic E-state index is -1.40. The van der Waals surface area contributed by atoms with Gasteiger partial charge >= 0.3 is 0 Å². The van der Waals surface area contributed by atoms with Gasteiger partial charge in [0.25, 0.3) is 0 Å². The summed E-state index contributed by atoms with van der Waals surface area (Å²) in [6.45, 7) is 8.21. The molecular weight excluding hydrogens is 140 g/mol. The van der Waals surface area contributed by atoms with E-state index in [1.807, 2.05) is 7.11 Å². The second kappa shape index (κ2) is 4.91. The van der Waals surface area contributed by atoms with Crippen LogP contribution in [0, 0.1) is 13.0 Å². The van der Waals surface area contributed by atoms with Crippen LogP contribution in [0.4, 0.5) is 0 Å².